The summed E-state index contributed by atoms with van der Waals surface area (Å²) in [6.07, 6.45) is 4.79. The highest BCUT2D eigenvalue weighted by Crippen LogP contribution is 2.21. The van der Waals surface area contributed by atoms with Gasteiger partial charge in [-0.05, 0) is 52.0 Å². The van der Waals surface area contributed by atoms with Crippen molar-refractivity contribution >= 4 is 17.7 Å². The molecule has 178 valence electrons. The molecule has 0 aromatic carbocycles. The van der Waals surface area contributed by atoms with E-state index < -0.39 is 6.04 Å². The van der Waals surface area contributed by atoms with Gasteiger partial charge in [0, 0.05) is 25.7 Å². The Balaban J connectivity index is 3.05. The van der Waals surface area contributed by atoms with Crippen LogP contribution in [0.25, 0.3) is 0 Å². The second kappa shape index (κ2) is 12.2. The predicted octanol–water partition coefficient (Wildman–Crippen LogP) is 2.57. The van der Waals surface area contributed by atoms with Gasteiger partial charge in [0.1, 0.15) is 6.04 Å². The van der Waals surface area contributed by atoms with Crippen molar-refractivity contribution in [1.29, 1.82) is 0 Å². The highest BCUT2D eigenvalue weighted by atomic mass is 16.2. The Morgan fingerprint density at radius 3 is 2.13 bits per heavy atom. The number of carbonyl (C=O) groups is 3. The Labute approximate surface area is 189 Å². The van der Waals surface area contributed by atoms with Crippen molar-refractivity contribution in [2.75, 3.05) is 20.6 Å². The second-order valence-electron chi connectivity index (χ2n) is 9.69. The number of hydrogen-bond donors (Lipinski definition) is 2. The quantitative estimate of drug-likeness (QED) is 0.544. The number of likely N-dealkylation sites (tertiary alicyclic amines) is 1. The molecule has 31 heavy (non-hydrogen) atoms. The summed E-state index contributed by atoms with van der Waals surface area (Å²) in [7, 11) is 3.35. The van der Waals surface area contributed by atoms with E-state index in [-0.39, 0.29) is 47.7 Å². The van der Waals surface area contributed by atoms with Gasteiger partial charge in [-0.15, -0.1) is 0 Å². The Morgan fingerprint density at radius 1 is 1.03 bits per heavy atom. The molecule has 1 aliphatic rings. The summed E-state index contributed by atoms with van der Waals surface area (Å²) in [6.45, 7) is 14.8. The third-order valence-electron chi connectivity index (χ3n) is 6.22. The summed E-state index contributed by atoms with van der Waals surface area (Å²) in [4.78, 5) is 42.5. The topological polar surface area (TPSA) is 81.8 Å². The lowest BCUT2D eigenvalue weighted by atomic mass is 9.95. The molecule has 0 radical (unpaired) electrons. The highest BCUT2D eigenvalue weighted by molar-refractivity contribution is 5.93. The van der Waals surface area contributed by atoms with E-state index in [1.54, 1.807) is 25.9 Å². The molecule has 1 fully saturated rings. The fourth-order valence-corrected chi connectivity index (χ4v) is 4.26. The van der Waals surface area contributed by atoms with Gasteiger partial charge in [-0.1, -0.05) is 40.2 Å². The van der Waals surface area contributed by atoms with E-state index in [1.807, 2.05) is 33.8 Å². The van der Waals surface area contributed by atoms with Crippen LogP contribution in [-0.4, -0.2) is 72.3 Å². The normalized spacial score (nSPS) is 20.0. The Bertz CT molecular complexity index is 657. The number of amides is 3. The average Bonchev–Trinajstić information content (AvgIpc) is 2.73. The first-order chi connectivity index (χ1) is 14.4. The molecule has 0 bridgehead atoms. The van der Waals surface area contributed by atoms with Crippen molar-refractivity contribution in [3.63, 3.8) is 0 Å². The van der Waals surface area contributed by atoms with Crippen LogP contribution in [-0.2, 0) is 14.4 Å². The SMILES string of the molecule is CNC(=O)C(C)=C[C@H](C(C)C)N(C)C(=O)[C@@H](NC(=O)C1CCCCN1C(C)C)C(C)C. The van der Waals surface area contributed by atoms with Crippen LogP contribution in [0.3, 0.4) is 0 Å². The van der Waals surface area contributed by atoms with Gasteiger partial charge in [0.15, 0.2) is 0 Å². The van der Waals surface area contributed by atoms with E-state index in [9.17, 15) is 14.4 Å². The molecule has 1 heterocycles. The Morgan fingerprint density at radius 2 is 1.65 bits per heavy atom. The van der Waals surface area contributed by atoms with Crippen LogP contribution in [0.15, 0.2) is 11.6 Å². The first-order valence-electron chi connectivity index (χ1n) is 11.7. The number of carbonyl (C=O) groups excluding carboxylic acids is 3. The molecule has 0 saturated carbocycles. The van der Waals surface area contributed by atoms with Gasteiger partial charge in [-0.25, -0.2) is 0 Å². The number of hydrogen-bond acceptors (Lipinski definition) is 4. The van der Waals surface area contributed by atoms with Crippen LogP contribution in [0.4, 0.5) is 0 Å². The second-order valence-corrected chi connectivity index (χ2v) is 9.69. The van der Waals surface area contributed by atoms with Crippen molar-refractivity contribution in [3.8, 4) is 0 Å². The van der Waals surface area contributed by atoms with Crippen molar-refractivity contribution < 1.29 is 14.4 Å². The summed E-state index contributed by atoms with van der Waals surface area (Å²) in [5, 5.41) is 5.68. The standard InChI is InChI=1S/C24H44N4O3/c1-15(2)20(14-18(7)22(29)25-8)27(9)24(31)21(16(3)4)26-23(30)19-12-10-11-13-28(19)17(5)6/h14-17,19-21H,10-13H2,1-9H3,(H,25,29)(H,26,30)/t19?,20-,21+/m1/s1. The van der Waals surface area contributed by atoms with Gasteiger partial charge < -0.3 is 15.5 Å². The van der Waals surface area contributed by atoms with E-state index in [2.05, 4.69) is 29.4 Å². The van der Waals surface area contributed by atoms with E-state index >= 15 is 0 Å². The van der Waals surface area contributed by atoms with Crippen LogP contribution in [0.2, 0.25) is 0 Å². The average molecular weight is 437 g/mol. The smallest absolute Gasteiger partial charge is 0.246 e. The Kier molecular flexibility index (Phi) is 10.7. The van der Waals surface area contributed by atoms with Crippen molar-refractivity contribution in [3.05, 3.63) is 11.6 Å². The van der Waals surface area contributed by atoms with E-state index in [0.29, 0.717) is 5.57 Å². The molecule has 3 amide bonds. The maximum absolute atomic E-state index is 13.5. The lowest BCUT2D eigenvalue weighted by Gasteiger charge is -2.39. The molecule has 1 saturated heterocycles. The molecule has 0 spiro atoms. The van der Waals surface area contributed by atoms with Gasteiger partial charge in [0.25, 0.3) is 0 Å². The first kappa shape index (κ1) is 27.1. The zero-order valence-corrected chi connectivity index (χ0v) is 21.0. The van der Waals surface area contributed by atoms with Gasteiger partial charge in [-0.3, -0.25) is 19.3 Å². The van der Waals surface area contributed by atoms with Gasteiger partial charge in [0.05, 0.1) is 12.1 Å². The molecule has 1 aliphatic heterocycles. The molecule has 0 aromatic rings. The van der Waals surface area contributed by atoms with Crippen molar-refractivity contribution in [2.45, 2.75) is 91.9 Å². The summed E-state index contributed by atoms with van der Waals surface area (Å²) in [6, 6.07) is -0.757. The van der Waals surface area contributed by atoms with Crippen LogP contribution < -0.4 is 10.6 Å². The minimum absolute atomic E-state index is 0.0492. The van der Waals surface area contributed by atoms with Crippen LogP contribution in [0, 0.1) is 11.8 Å². The zero-order valence-electron chi connectivity index (χ0n) is 21.0. The Hall–Kier alpha value is -1.89. The molecule has 7 nitrogen and oxygen atoms in total. The molecule has 3 atom stereocenters. The first-order valence-corrected chi connectivity index (χ1v) is 11.7. The summed E-state index contributed by atoms with van der Waals surface area (Å²) in [5.41, 5.74) is 0.570. The summed E-state index contributed by atoms with van der Waals surface area (Å²) >= 11 is 0. The maximum Gasteiger partial charge on any atom is 0.246 e. The number of piperidine rings is 1. The molecule has 7 heteroatoms. The fraction of sp³-hybridized carbons (Fsp3) is 0.792. The zero-order chi connectivity index (χ0) is 23.9. The summed E-state index contributed by atoms with van der Waals surface area (Å²) in [5.74, 6) is -0.285. The van der Waals surface area contributed by atoms with E-state index in [1.165, 1.54) is 0 Å². The molecular weight excluding hydrogens is 392 g/mol. The minimum atomic E-state index is -0.608. The van der Waals surface area contributed by atoms with Crippen LogP contribution in [0.5, 0.6) is 0 Å². The van der Waals surface area contributed by atoms with Crippen LogP contribution in [0.1, 0.15) is 67.7 Å². The third-order valence-corrected chi connectivity index (χ3v) is 6.22. The van der Waals surface area contributed by atoms with Gasteiger partial charge >= 0.3 is 0 Å². The number of nitrogens with zero attached hydrogens (tertiary/aromatic N) is 2. The molecular formula is C24H44N4O3. The number of nitrogens with one attached hydrogen (secondary N) is 2. The van der Waals surface area contributed by atoms with E-state index in [0.717, 1.165) is 25.8 Å². The highest BCUT2D eigenvalue weighted by Gasteiger charge is 2.35. The number of rotatable bonds is 9. The lowest BCUT2D eigenvalue weighted by Crippen LogP contribution is -2.58. The molecule has 0 aromatic heterocycles. The van der Waals surface area contributed by atoms with Gasteiger partial charge in [-0.2, -0.15) is 0 Å². The van der Waals surface area contributed by atoms with Crippen molar-refractivity contribution in [1.82, 2.24) is 20.4 Å². The molecule has 1 rings (SSSR count). The molecule has 2 N–H and O–H groups in total. The molecule has 1 unspecified atom stereocenters. The van der Waals surface area contributed by atoms with Crippen molar-refractivity contribution in [2.24, 2.45) is 11.8 Å². The molecule has 0 aliphatic carbocycles. The van der Waals surface area contributed by atoms with Crippen LogP contribution >= 0.6 is 0 Å². The van der Waals surface area contributed by atoms with E-state index in [4.69, 9.17) is 0 Å². The largest absolute Gasteiger partial charge is 0.355 e. The maximum atomic E-state index is 13.5. The lowest BCUT2D eigenvalue weighted by molar-refractivity contribution is -0.140. The predicted molar refractivity (Wildman–Crippen MR) is 125 cm³/mol. The van der Waals surface area contributed by atoms with Gasteiger partial charge in [0.2, 0.25) is 17.7 Å². The number of likely N-dealkylation sites (N-methyl/N-ethyl adjacent to an activating group) is 2. The minimum Gasteiger partial charge on any atom is -0.355 e. The summed E-state index contributed by atoms with van der Waals surface area (Å²) < 4.78 is 0. The third kappa shape index (κ3) is 7.34. The fourth-order valence-electron chi connectivity index (χ4n) is 4.26. The monoisotopic (exact) mass is 436 g/mol.